The molecule has 0 aromatic heterocycles. The number of methoxy groups -OCH3 is 1. The molecule has 11 heteroatoms. The molecule has 0 aliphatic heterocycles. The first-order chi connectivity index (χ1) is 18.5. The zero-order valence-corrected chi connectivity index (χ0v) is 25.8. The highest BCUT2D eigenvalue weighted by molar-refractivity contribution is 9.10. The second kappa shape index (κ2) is 14.4. The molecule has 0 unspecified atom stereocenters. The minimum Gasteiger partial charge on any atom is -0.495 e. The van der Waals surface area contributed by atoms with Crippen LogP contribution in [-0.4, -0.2) is 57.1 Å². The van der Waals surface area contributed by atoms with Gasteiger partial charge in [0.15, 0.2) is 0 Å². The number of benzene rings is 2. The zero-order chi connectivity index (χ0) is 28.6. The molecule has 1 saturated carbocycles. The lowest BCUT2D eigenvalue weighted by molar-refractivity contribution is -0.141. The smallest absolute Gasteiger partial charge is 0.242 e. The van der Waals surface area contributed by atoms with Crippen LogP contribution >= 0.6 is 27.5 Å². The van der Waals surface area contributed by atoms with Gasteiger partial charge in [0.1, 0.15) is 11.8 Å². The van der Waals surface area contributed by atoms with Crippen LogP contribution < -0.4 is 14.4 Å². The molecule has 8 nitrogen and oxygen atoms in total. The van der Waals surface area contributed by atoms with Crippen molar-refractivity contribution in [3.63, 3.8) is 0 Å². The number of halogens is 2. The number of ether oxygens (including phenoxy) is 1. The summed E-state index contributed by atoms with van der Waals surface area (Å²) < 4.78 is 32.4. The first-order valence-electron chi connectivity index (χ1n) is 13.1. The first kappa shape index (κ1) is 31.2. The fraction of sp³-hybridized carbons (Fsp3) is 0.500. The normalized spacial score (nSPS) is 14.9. The van der Waals surface area contributed by atoms with Gasteiger partial charge in [0, 0.05) is 30.0 Å². The van der Waals surface area contributed by atoms with Gasteiger partial charge in [-0.2, -0.15) is 0 Å². The first-order valence-corrected chi connectivity index (χ1v) is 16.2. The number of hydrogen-bond donors (Lipinski definition) is 1. The van der Waals surface area contributed by atoms with E-state index in [1.165, 1.54) is 23.9 Å². The van der Waals surface area contributed by atoms with Gasteiger partial charge in [-0.3, -0.25) is 13.9 Å². The molecule has 1 fully saturated rings. The van der Waals surface area contributed by atoms with Crippen molar-refractivity contribution in [1.29, 1.82) is 0 Å². The molecule has 39 heavy (non-hydrogen) atoms. The molecule has 214 valence electrons. The maximum Gasteiger partial charge on any atom is 0.242 e. The summed E-state index contributed by atoms with van der Waals surface area (Å²) >= 11 is 9.65. The molecule has 2 aromatic rings. The van der Waals surface area contributed by atoms with Gasteiger partial charge in [0.25, 0.3) is 0 Å². The second-order valence-corrected chi connectivity index (χ2v) is 13.2. The van der Waals surface area contributed by atoms with Gasteiger partial charge in [-0.1, -0.05) is 58.9 Å². The lowest BCUT2D eigenvalue weighted by atomic mass is 9.95. The number of hydrogen-bond acceptors (Lipinski definition) is 5. The Labute approximate surface area is 245 Å². The number of carbonyl (C=O) groups excluding carboxylic acids is 2. The van der Waals surface area contributed by atoms with E-state index in [2.05, 4.69) is 21.2 Å². The van der Waals surface area contributed by atoms with Gasteiger partial charge in [0.2, 0.25) is 21.8 Å². The highest BCUT2D eigenvalue weighted by Crippen LogP contribution is 2.30. The van der Waals surface area contributed by atoms with Crippen LogP contribution in [0, 0.1) is 0 Å². The summed E-state index contributed by atoms with van der Waals surface area (Å²) in [7, 11) is -2.15. The third-order valence-electron chi connectivity index (χ3n) is 6.96. The van der Waals surface area contributed by atoms with E-state index in [9.17, 15) is 18.0 Å². The van der Waals surface area contributed by atoms with E-state index in [-0.39, 0.29) is 43.8 Å². The van der Waals surface area contributed by atoms with Crippen LogP contribution in [-0.2, 0) is 26.2 Å². The quantitative estimate of drug-likeness (QED) is 0.329. The van der Waals surface area contributed by atoms with Crippen LogP contribution in [0.25, 0.3) is 0 Å². The van der Waals surface area contributed by atoms with Crippen molar-refractivity contribution in [1.82, 2.24) is 10.2 Å². The Morgan fingerprint density at radius 3 is 2.38 bits per heavy atom. The summed E-state index contributed by atoms with van der Waals surface area (Å²) in [4.78, 5) is 28.2. The highest BCUT2D eigenvalue weighted by atomic mass is 79.9. The van der Waals surface area contributed by atoms with Gasteiger partial charge in [-0.15, -0.1) is 0 Å². The number of anilines is 1. The molecular weight excluding hydrogens is 606 g/mol. The highest BCUT2D eigenvalue weighted by Gasteiger charge is 2.28. The minimum atomic E-state index is -3.63. The molecule has 2 aromatic carbocycles. The average Bonchev–Trinajstić information content (AvgIpc) is 2.90. The predicted molar refractivity (Wildman–Crippen MR) is 159 cm³/mol. The summed E-state index contributed by atoms with van der Waals surface area (Å²) in [5, 5.41) is 3.42. The van der Waals surface area contributed by atoms with Crippen LogP contribution in [0.3, 0.4) is 0 Å². The molecule has 0 bridgehead atoms. The maximum absolute atomic E-state index is 13.5. The molecular formula is C28H37BrClN3O5S. The number of nitrogens with one attached hydrogen (secondary N) is 1. The Morgan fingerprint density at radius 1 is 1.13 bits per heavy atom. The Balaban J connectivity index is 1.72. The van der Waals surface area contributed by atoms with Gasteiger partial charge < -0.3 is 15.0 Å². The number of sulfonamides is 1. The van der Waals surface area contributed by atoms with Crippen molar-refractivity contribution in [3.8, 4) is 5.75 Å². The van der Waals surface area contributed by atoms with E-state index in [4.69, 9.17) is 16.3 Å². The van der Waals surface area contributed by atoms with E-state index >= 15 is 0 Å². The van der Waals surface area contributed by atoms with E-state index in [0.29, 0.717) is 16.5 Å². The lowest BCUT2D eigenvalue weighted by Crippen LogP contribution is -2.50. The molecule has 0 radical (unpaired) electrons. The molecule has 1 aliphatic rings. The molecule has 3 rings (SSSR count). The minimum absolute atomic E-state index is 0.0769. The molecule has 0 spiro atoms. The fourth-order valence-electron chi connectivity index (χ4n) is 4.75. The Hall–Kier alpha value is -2.30. The van der Waals surface area contributed by atoms with Crippen LogP contribution in [0.4, 0.5) is 5.69 Å². The summed E-state index contributed by atoms with van der Waals surface area (Å²) in [5.74, 6) is 0.0524. The van der Waals surface area contributed by atoms with Gasteiger partial charge in [0.05, 0.1) is 24.1 Å². The summed E-state index contributed by atoms with van der Waals surface area (Å²) in [6.45, 7) is 2.11. The molecule has 1 aliphatic carbocycles. The predicted octanol–water partition coefficient (Wildman–Crippen LogP) is 5.52. The van der Waals surface area contributed by atoms with Crippen molar-refractivity contribution in [2.75, 3.05) is 24.2 Å². The van der Waals surface area contributed by atoms with Gasteiger partial charge in [-0.25, -0.2) is 8.42 Å². The summed E-state index contributed by atoms with van der Waals surface area (Å²) in [6, 6.07) is 11.8. The third-order valence-corrected chi connectivity index (χ3v) is 8.98. The van der Waals surface area contributed by atoms with E-state index in [1.54, 1.807) is 24.0 Å². The SMILES string of the molecule is COc1ccc(N(CCCC(=O)N(Cc2ccc(Br)cc2)[C@@H](C)C(=O)NC2CCCCC2)S(C)(=O)=O)cc1Cl. The third kappa shape index (κ3) is 9.11. The fourth-order valence-corrected chi connectivity index (χ4v) is 6.23. The topological polar surface area (TPSA) is 96.0 Å². The van der Waals surface area contributed by atoms with Crippen molar-refractivity contribution in [2.45, 2.75) is 70.5 Å². The van der Waals surface area contributed by atoms with Crippen LogP contribution in [0.2, 0.25) is 5.02 Å². The van der Waals surface area contributed by atoms with Crippen LogP contribution in [0.5, 0.6) is 5.75 Å². The molecule has 2 amide bonds. The molecule has 1 atom stereocenters. The van der Waals surface area contributed by atoms with Crippen molar-refractivity contribution >= 4 is 55.1 Å². The van der Waals surface area contributed by atoms with E-state index in [0.717, 1.165) is 42.0 Å². The Bertz CT molecular complexity index is 1240. The van der Waals surface area contributed by atoms with Gasteiger partial charge >= 0.3 is 0 Å². The van der Waals surface area contributed by atoms with Crippen molar-refractivity contribution in [2.24, 2.45) is 0 Å². The number of rotatable bonds is 12. The van der Waals surface area contributed by atoms with Crippen LogP contribution in [0.15, 0.2) is 46.9 Å². The molecule has 0 heterocycles. The largest absolute Gasteiger partial charge is 0.495 e. The monoisotopic (exact) mass is 641 g/mol. The Kier molecular flexibility index (Phi) is 11.5. The molecule has 0 saturated heterocycles. The Morgan fingerprint density at radius 2 is 1.79 bits per heavy atom. The number of carbonyl (C=O) groups is 2. The lowest BCUT2D eigenvalue weighted by Gasteiger charge is -2.31. The van der Waals surface area contributed by atoms with Gasteiger partial charge in [-0.05, 0) is 62.1 Å². The second-order valence-electron chi connectivity index (χ2n) is 9.93. The van der Waals surface area contributed by atoms with E-state index < -0.39 is 16.1 Å². The maximum atomic E-state index is 13.5. The van der Waals surface area contributed by atoms with E-state index in [1.807, 2.05) is 24.3 Å². The van der Waals surface area contributed by atoms with Crippen molar-refractivity contribution in [3.05, 3.63) is 57.5 Å². The number of nitrogens with zero attached hydrogens (tertiary/aromatic N) is 2. The van der Waals surface area contributed by atoms with Crippen LogP contribution in [0.1, 0.15) is 57.4 Å². The average molecular weight is 643 g/mol. The summed E-state index contributed by atoms with van der Waals surface area (Å²) in [6.07, 6.45) is 6.74. The standard InChI is InChI=1S/C28H37BrClN3O5S/c1-20(28(35)31-23-8-5-4-6-9-23)32(19-21-11-13-22(29)14-12-21)27(34)10-7-17-33(39(3,36)37)24-15-16-26(38-2)25(30)18-24/h11-16,18,20,23H,4-10,17,19H2,1-3H3,(H,31,35)/t20-/m0/s1. The summed E-state index contributed by atoms with van der Waals surface area (Å²) in [5.41, 5.74) is 1.29. The number of amides is 2. The molecule has 1 N–H and O–H groups in total. The zero-order valence-electron chi connectivity index (χ0n) is 22.7. The van der Waals surface area contributed by atoms with Crippen molar-refractivity contribution < 1.29 is 22.7 Å².